The lowest BCUT2D eigenvalue weighted by molar-refractivity contribution is 0.394. The minimum Gasteiger partial charge on any atom is -0.497 e. The van der Waals surface area contributed by atoms with Gasteiger partial charge >= 0.3 is 0 Å². The fourth-order valence-electron chi connectivity index (χ4n) is 3.61. The van der Waals surface area contributed by atoms with Gasteiger partial charge in [-0.2, -0.15) is 5.10 Å². The predicted octanol–water partition coefficient (Wildman–Crippen LogP) is 4.60. The van der Waals surface area contributed by atoms with Gasteiger partial charge in [-0.25, -0.2) is 4.98 Å². The molecule has 4 rings (SSSR count). The molecule has 162 valence electrons. The highest BCUT2D eigenvalue weighted by Gasteiger charge is 2.28. The number of nitrogens with zero attached hydrogens (tertiary/aromatic N) is 5. The first-order valence-corrected chi connectivity index (χ1v) is 10.1. The van der Waals surface area contributed by atoms with Crippen LogP contribution >= 0.6 is 0 Å². The zero-order chi connectivity index (χ0) is 22.9. The molecule has 0 atom stereocenters. The molecule has 0 saturated heterocycles. The highest BCUT2D eigenvalue weighted by Crippen LogP contribution is 2.38. The molecule has 0 N–H and O–H groups in total. The van der Waals surface area contributed by atoms with Gasteiger partial charge in [-0.05, 0) is 32.0 Å². The van der Waals surface area contributed by atoms with E-state index in [4.69, 9.17) is 20.9 Å². The second kappa shape index (κ2) is 8.23. The lowest BCUT2D eigenvalue weighted by Crippen LogP contribution is -2.39. The average molecular weight is 428 g/mol. The second-order valence-corrected chi connectivity index (χ2v) is 7.94. The Morgan fingerprint density at radius 1 is 0.969 bits per heavy atom. The Hall–Kier alpha value is -4.05. The largest absolute Gasteiger partial charge is 0.497 e. The number of benzene rings is 2. The van der Waals surface area contributed by atoms with Crippen molar-refractivity contribution >= 4 is 22.4 Å². The Morgan fingerprint density at radius 2 is 1.69 bits per heavy atom. The zero-order valence-electron chi connectivity index (χ0n) is 18.8. The normalized spacial score (nSPS) is 11.2. The average Bonchev–Trinajstić information content (AvgIpc) is 3.24. The van der Waals surface area contributed by atoms with E-state index in [0.29, 0.717) is 11.5 Å². The van der Waals surface area contributed by atoms with Gasteiger partial charge in [0.1, 0.15) is 17.0 Å². The first kappa shape index (κ1) is 21.2. The maximum absolute atomic E-state index is 5.95. The van der Waals surface area contributed by atoms with Gasteiger partial charge in [-0.15, -0.1) is 6.42 Å². The molecule has 0 fully saturated rings. The van der Waals surface area contributed by atoms with Gasteiger partial charge in [0, 0.05) is 48.4 Å². The topological polar surface area (TPSA) is 65.3 Å². The van der Waals surface area contributed by atoms with Gasteiger partial charge in [-0.1, -0.05) is 5.92 Å². The van der Waals surface area contributed by atoms with Crippen LogP contribution in [0.5, 0.6) is 11.5 Å². The molecule has 2 aromatic carbocycles. The van der Waals surface area contributed by atoms with E-state index in [-0.39, 0.29) is 0 Å². The fourth-order valence-corrected chi connectivity index (χ4v) is 3.61. The molecule has 0 aliphatic heterocycles. The van der Waals surface area contributed by atoms with Crippen molar-refractivity contribution in [1.29, 1.82) is 0 Å². The molecule has 0 radical (unpaired) electrons. The molecule has 0 aliphatic carbocycles. The quantitative estimate of drug-likeness (QED) is 0.419. The molecule has 2 aromatic heterocycles. The minimum absolute atomic E-state index is 0.639. The summed E-state index contributed by atoms with van der Waals surface area (Å²) in [7, 11) is 5.12. The SMILES string of the molecule is C#CC(C)(C)N(c1cc(OC)cc(OC)c1)c1ccc2ncc(-c3cnn(C)c3)nc2c1. The van der Waals surface area contributed by atoms with Crippen molar-refractivity contribution in [3.63, 3.8) is 0 Å². The molecule has 32 heavy (non-hydrogen) atoms. The van der Waals surface area contributed by atoms with Crippen molar-refractivity contribution in [3.05, 3.63) is 55.0 Å². The third kappa shape index (κ3) is 3.95. The Morgan fingerprint density at radius 3 is 2.28 bits per heavy atom. The van der Waals surface area contributed by atoms with E-state index in [0.717, 1.165) is 33.7 Å². The highest BCUT2D eigenvalue weighted by atomic mass is 16.5. The second-order valence-electron chi connectivity index (χ2n) is 7.94. The van der Waals surface area contributed by atoms with Crippen LogP contribution in [0.25, 0.3) is 22.3 Å². The summed E-state index contributed by atoms with van der Waals surface area (Å²) < 4.78 is 12.7. The third-order valence-corrected chi connectivity index (χ3v) is 5.29. The van der Waals surface area contributed by atoms with E-state index in [2.05, 4.69) is 20.9 Å². The zero-order valence-corrected chi connectivity index (χ0v) is 18.8. The summed E-state index contributed by atoms with van der Waals surface area (Å²) >= 11 is 0. The third-order valence-electron chi connectivity index (χ3n) is 5.29. The molecule has 2 heterocycles. The molecule has 0 bridgehead atoms. The van der Waals surface area contributed by atoms with E-state index in [9.17, 15) is 0 Å². The van der Waals surface area contributed by atoms with Crippen LogP contribution in [-0.2, 0) is 7.05 Å². The van der Waals surface area contributed by atoms with Crippen molar-refractivity contribution in [3.8, 4) is 35.1 Å². The summed E-state index contributed by atoms with van der Waals surface area (Å²) in [6.45, 7) is 3.97. The van der Waals surface area contributed by atoms with E-state index in [1.54, 1.807) is 31.3 Å². The predicted molar refractivity (Wildman–Crippen MR) is 126 cm³/mol. The molecule has 0 amide bonds. The molecule has 4 aromatic rings. The van der Waals surface area contributed by atoms with E-state index in [1.165, 1.54) is 0 Å². The van der Waals surface area contributed by atoms with Crippen molar-refractivity contribution in [2.24, 2.45) is 7.05 Å². The number of hydrogen-bond donors (Lipinski definition) is 0. The molecular weight excluding hydrogens is 402 g/mol. The number of fused-ring (bicyclic) bond motifs is 1. The number of aromatic nitrogens is 4. The van der Waals surface area contributed by atoms with Crippen LogP contribution in [0.2, 0.25) is 0 Å². The number of aryl methyl sites for hydroxylation is 1. The Balaban J connectivity index is 1.88. The van der Waals surface area contributed by atoms with Gasteiger partial charge in [-0.3, -0.25) is 9.67 Å². The smallest absolute Gasteiger partial charge is 0.124 e. The number of rotatable bonds is 6. The molecule has 0 spiro atoms. The summed E-state index contributed by atoms with van der Waals surface area (Å²) in [5.74, 6) is 4.25. The van der Waals surface area contributed by atoms with Crippen LogP contribution in [0.3, 0.4) is 0 Å². The monoisotopic (exact) mass is 427 g/mol. The number of hydrogen-bond acceptors (Lipinski definition) is 6. The Labute approximate surface area is 187 Å². The van der Waals surface area contributed by atoms with Gasteiger partial charge in [0.05, 0.1) is 43.3 Å². The number of anilines is 2. The van der Waals surface area contributed by atoms with Crippen LogP contribution in [0.15, 0.2) is 55.0 Å². The van der Waals surface area contributed by atoms with Crippen LogP contribution < -0.4 is 14.4 Å². The minimum atomic E-state index is -0.639. The van der Waals surface area contributed by atoms with Crippen LogP contribution in [0.1, 0.15) is 13.8 Å². The van der Waals surface area contributed by atoms with Gasteiger partial charge in [0.25, 0.3) is 0 Å². The van der Waals surface area contributed by atoms with Crippen LogP contribution in [0.4, 0.5) is 11.4 Å². The fraction of sp³-hybridized carbons (Fsp3) is 0.240. The molecular formula is C25H25N5O2. The lowest BCUT2D eigenvalue weighted by atomic mass is 10.0. The maximum Gasteiger partial charge on any atom is 0.124 e. The Bertz CT molecular complexity index is 1300. The van der Waals surface area contributed by atoms with Gasteiger partial charge in [0.2, 0.25) is 0 Å². The molecule has 0 unspecified atom stereocenters. The lowest BCUT2D eigenvalue weighted by Gasteiger charge is -2.37. The van der Waals surface area contributed by atoms with Crippen molar-refractivity contribution in [2.45, 2.75) is 19.4 Å². The number of terminal acetylenes is 1. The summed E-state index contributed by atoms with van der Waals surface area (Å²) in [5.41, 5.74) is 4.31. The first-order chi connectivity index (χ1) is 15.3. The van der Waals surface area contributed by atoms with Crippen molar-refractivity contribution < 1.29 is 9.47 Å². The molecule has 7 heteroatoms. The standard InChI is InChI=1S/C25H25N5O2/c1-7-25(2,3)30(19-10-20(31-5)13-21(11-19)32-6)18-8-9-22-23(12-18)28-24(15-26-22)17-14-27-29(4)16-17/h1,8-16H,2-6H3. The van der Waals surface area contributed by atoms with E-state index >= 15 is 0 Å². The summed E-state index contributed by atoms with van der Waals surface area (Å²) in [6.07, 6.45) is 11.4. The Kier molecular flexibility index (Phi) is 5.45. The van der Waals surface area contributed by atoms with Gasteiger partial charge in [0.15, 0.2) is 0 Å². The molecule has 0 aliphatic rings. The highest BCUT2D eigenvalue weighted by molar-refractivity contribution is 5.83. The van der Waals surface area contributed by atoms with Crippen LogP contribution in [0, 0.1) is 12.3 Å². The van der Waals surface area contributed by atoms with Crippen LogP contribution in [-0.4, -0.2) is 39.5 Å². The van der Waals surface area contributed by atoms with E-state index in [1.807, 2.05) is 63.5 Å². The number of methoxy groups -OCH3 is 2. The van der Waals surface area contributed by atoms with E-state index < -0.39 is 5.54 Å². The van der Waals surface area contributed by atoms with Crippen molar-refractivity contribution in [2.75, 3.05) is 19.1 Å². The van der Waals surface area contributed by atoms with Gasteiger partial charge < -0.3 is 14.4 Å². The number of ether oxygens (including phenoxy) is 2. The molecule has 7 nitrogen and oxygen atoms in total. The summed E-state index contributed by atoms with van der Waals surface area (Å²) in [6, 6.07) is 11.6. The molecule has 0 saturated carbocycles. The first-order valence-electron chi connectivity index (χ1n) is 10.1. The maximum atomic E-state index is 5.95. The summed E-state index contributed by atoms with van der Waals surface area (Å²) in [4.78, 5) is 11.5. The summed E-state index contributed by atoms with van der Waals surface area (Å²) in [5, 5.41) is 4.23. The van der Waals surface area contributed by atoms with Crippen molar-refractivity contribution in [1.82, 2.24) is 19.7 Å².